The van der Waals surface area contributed by atoms with Crippen LogP contribution in [-0.4, -0.2) is 21.5 Å². The summed E-state index contributed by atoms with van der Waals surface area (Å²) in [6, 6.07) is 26.5. The van der Waals surface area contributed by atoms with E-state index in [1.165, 1.54) is 19.2 Å². The Balaban J connectivity index is 1.79. The van der Waals surface area contributed by atoms with E-state index in [-0.39, 0.29) is 34.1 Å². The minimum Gasteiger partial charge on any atom is -0.497 e. The van der Waals surface area contributed by atoms with E-state index in [1.807, 2.05) is 60.7 Å². The molecule has 0 aromatic heterocycles. The van der Waals surface area contributed by atoms with Crippen molar-refractivity contribution < 1.29 is 22.7 Å². The molecule has 0 atom stereocenters. The molecule has 4 rings (SSSR count). The minimum absolute atomic E-state index is 0.0155. The Morgan fingerprint density at radius 2 is 1.44 bits per heavy atom. The summed E-state index contributed by atoms with van der Waals surface area (Å²) in [6.07, 6.45) is 0.272. The molecule has 0 saturated heterocycles. The molecule has 4 aromatic carbocycles. The van der Waals surface area contributed by atoms with Crippen molar-refractivity contribution in [1.82, 2.24) is 0 Å². The van der Waals surface area contributed by atoms with Gasteiger partial charge in [0.15, 0.2) is 0 Å². The number of esters is 1. The van der Waals surface area contributed by atoms with E-state index in [9.17, 15) is 13.2 Å². The Morgan fingerprint density at radius 3 is 2.03 bits per heavy atom. The second kappa shape index (κ2) is 10.7. The molecule has 0 radical (unpaired) electrons. The number of carbonyl (C=O) groups excluding carboxylic acids is 1. The Morgan fingerprint density at radius 1 is 0.861 bits per heavy atom. The lowest BCUT2D eigenvalue weighted by Gasteiger charge is -2.19. The van der Waals surface area contributed by atoms with Crippen LogP contribution in [-0.2, 0) is 27.6 Å². The van der Waals surface area contributed by atoms with Crippen LogP contribution in [0.15, 0.2) is 101 Å². The van der Waals surface area contributed by atoms with Crippen molar-refractivity contribution in [3.8, 4) is 5.75 Å². The number of rotatable bonds is 8. The molecule has 0 bridgehead atoms. The molecule has 36 heavy (non-hydrogen) atoms. The smallest absolute Gasteiger partial charge is 0.338 e. The van der Waals surface area contributed by atoms with Gasteiger partial charge in [0.1, 0.15) is 12.4 Å². The summed E-state index contributed by atoms with van der Waals surface area (Å²) >= 11 is 0. The molecule has 0 heterocycles. The molecular formula is C29H27NO5S. The van der Waals surface area contributed by atoms with Crippen molar-refractivity contribution in [2.24, 2.45) is 0 Å². The van der Waals surface area contributed by atoms with Gasteiger partial charge in [0.05, 0.1) is 28.2 Å². The van der Waals surface area contributed by atoms with Gasteiger partial charge in [-0.3, -0.25) is 0 Å². The minimum atomic E-state index is -3.97. The van der Waals surface area contributed by atoms with E-state index in [0.717, 1.165) is 11.1 Å². The van der Waals surface area contributed by atoms with Crippen LogP contribution in [0.1, 0.15) is 32.6 Å². The van der Waals surface area contributed by atoms with E-state index in [2.05, 4.69) is 0 Å². The van der Waals surface area contributed by atoms with Gasteiger partial charge in [0, 0.05) is 6.42 Å². The average molecular weight is 502 g/mol. The zero-order valence-electron chi connectivity index (χ0n) is 20.1. The van der Waals surface area contributed by atoms with Crippen molar-refractivity contribution in [2.45, 2.75) is 29.7 Å². The molecule has 0 saturated carbocycles. The fourth-order valence-corrected chi connectivity index (χ4v) is 5.69. The van der Waals surface area contributed by atoms with Crippen molar-refractivity contribution in [1.29, 1.82) is 0 Å². The number of ether oxygens (including phenoxy) is 2. The van der Waals surface area contributed by atoms with Crippen LogP contribution in [0.4, 0.5) is 5.69 Å². The normalized spacial score (nSPS) is 11.2. The summed E-state index contributed by atoms with van der Waals surface area (Å²) in [6.45, 7) is 1.72. The first-order valence-electron chi connectivity index (χ1n) is 11.4. The lowest BCUT2D eigenvalue weighted by atomic mass is 9.96. The van der Waals surface area contributed by atoms with E-state index < -0.39 is 15.8 Å². The highest BCUT2D eigenvalue weighted by atomic mass is 32.2. The summed E-state index contributed by atoms with van der Waals surface area (Å²) in [5.41, 5.74) is 9.35. The first-order chi connectivity index (χ1) is 17.3. The predicted octanol–water partition coefficient (Wildman–Crippen LogP) is 5.37. The molecule has 184 valence electrons. The highest BCUT2D eigenvalue weighted by Gasteiger charge is 2.28. The van der Waals surface area contributed by atoms with Gasteiger partial charge in [-0.25, -0.2) is 13.2 Å². The van der Waals surface area contributed by atoms with Gasteiger partial charge in [-0.2, -0.15) is 0 Å². The van der Waals surface area contributed by atoms with Crippen LogP contribution >= 0.6 is 0 Å². The predicted molar refractivity (Wildman–Crippen MR) is 139 cm³/mol. The SMILES string of the molecule is COc1ccc(S(=O)(=O)c2c(C)cc(C(=O)OCc3ccccc3)c(Cc3ccccc3)c2N)cc1. The maximum Gasteiger partial charge on any atom is 0.338 e. The number of nitrogens with two attached hydrogens (primary N) is 1. The Kier molecular flexibility index (Phi) is 7.41. The van der Waals surface area contributed by atoms with Gasteiger partial charge in [0.25, 0.3) is 0 Å². The molecule has 0 amide bonds. The van der Waals surface area contributed by atoms with Crippen LogP contribution in [0.2, 0.25) is 0 Å². The van der Waals surface area contributed by atoms with Crippen molar-refractivity contribution in [2.75, 3.05) is 12.8 Å². The topological polar surface area (TPSA) is 95.7 Å². The third-order valence-electron chi connectivity index (χ3n) is 5.91. The summed E-state index contributed by atoms with van der Waals surface area (Å²) < 4.78 is 38.0. The molecule has 0 fully saturated rings. The average Bonchev–Trinajstić information content (AvgIpc) is 2.90. The summed E-state index contributed by atoms with van der Waals surface area (Å²) in [4.78, 5) is 13.3. The Labute approximate surface area is 211 Å². The van der Waals surface area contributed by atoms with Crippen molar-refractivity contribution in [3.63, 3.8) is 0 Å². The molecule has 4 aromatic rings. The second-order valence-electron chi connectivity index (χ2n) is 8.37. The monoisotopic (exact) mass is 501 g/mol. The zero-order valence-corrected chi connectivity index (χ0v) is 20.9. The fourth-order valence-electron chi connectivity index (χ4n) is 4.07. The van der Waals surface area contributed by atoms with Gasteiger partial charge >= 0.3 is 5.97 Å². The molecule has 0 unspecified atom stereocenters. The second-order valence-corrected chi connectivity index (χ2v) is 10.3. The lowest BCUT2D eigenvalue weighted by Crippen LogP contribution is -2.16. The third-order valence-corrected chi connectivity index (χ3v) is 7.88. The number of methoxy groups -OCH3 is 1. The summed E-state index contributed by atoms with van der Waals surface area (Å²) in [7, 11) is -2.46. The van der Waals surface area contributed by atoms with Crippen LogP contribution in [0.3, 0.4) is 0 Å². The molecule has 0 aliphatic carbocycles. The van der Waals surface area contributed by atoms with Crippen LogP contribution in [0.25, 0.3) is 0 Å². The molecule has 6 nitrogen and oxygen atoms in total. The fraction of sp³-hybridized carbons (Fsp3) is 0.138. The van der Waals surface area contributed by atoms with E-state index in [0.29, 0.717) is 16.9 Å². The Hall–Kier alpha value is -4.10. The first-order valence-corrected chi connectivity index (χ1v) is 12.9. The third kappa shape index (κ3) is 5.26. The molecule has 0 aliphatic rings. The lowest BCUT2D eigenvalue weighted by molar-refractivity contribution is 0.0471. The summed E-state index contributed by atoms with van der Waals surface area (Å²) in [5.74, 6) is -0.0205. The number of hydrogen-bond acceptors (Lipinski definition) is 6. The van der Waals surface area contributed by atoms with Gasteiger partial charge in [-0.15, -0.1) is 0 Å². The van der Waals surface area contributed by atoms with E-state index in [1.54, 1.807) is 25.1 Å². The maximum absolute atomic E-state index is 13.6. The number of sulfone groups is 1. The molecule has 7 heteroatoms. The van der Waals surface area contributed by atoms with Crippen LogP contribution in [0.5, 0.6) is 5.75 Å². The molecular weight excluding hydrogens is 474 g/mol. The first kappa shape index (κ1) is 25.0. The summed E-state index contributed by atoms with van der Waals surface area (Å²) in [5, 5.41) is 0. The van der Waals surface area contributed by atoms with Gasteiger partial charge in [-0.05, 0) is 59.5 Å². The number of benzene rings is 4. The number of carbonyl (C=O) groups is 1. The van der Waals surface area contributed by atoms with Crippen molar-refractivity contribution >= 4 is 21.5 Å². The molecule has 0 aliphatic heterocycles. The van der Waals surface area contributed by atoms with Gasteiger partial charge < -0.3 is 15.2 Å². The maximum atomic E-state index is 13.6. The van der Waals surface area contributed by atoms with Gasteiger partial charge in [0.2, 0.25) is 9.84 Å². The quantitative estimate of drug-likeness (QED) is 0.258. The van der Waals surface area contributed by atoms with E-state index in [4.69, 9.17) is 15.2 Å². The van der Waals surface area contributed by atoms with Gasteiger partial charge in [-0.1, -0.05) is 60.7 Å². The van der Waals surface area contributed by atoms with Crippen molar-refractivity contribution in [3.05, 3.63) is 119 Å². The van der Waals surface area contributed by atoms with Crippen LogP contribution in [0, 0.1) is 6.92 Å². The highest BCUT2D eigenvalue weighted by molar-refractivity contribution is 7.91. The molecule has 2 N–H and O–H groups in total. The Bertz CT molecular complexity index is 1470. The number of anilines is 1. The zero-order chi connectivity index (χ0) is 25.7. The number of aryl methyl sites for hydroxylation is 1. The largest absolute Gasteiger partial charge is 0.497 e. The highest BCUT2D eigenvalue weighted by Crippen LogP contribution is 2.35. The number of hydrogen-bond donors (Lipinski definition) is 1. The molecule has 0 spiro atoms. The van der Waals surface area contributed by atoms with Crippen LogP contribution < -0.4 is 10.5 Å². The van der Waals surface area contributed by atoms with E-state index >= 15 is 0 Å². The number of nitrogen functional groups attached to an aromatic ring is 1. The standard InChI is InChI=1S/C29H27NO5S/c1-20-17-26(29(31)35-19-22-11-7-4-8-12-22)25(18-21-9-5-3-6-10-21)27(30)28(20)36(32,33)24-15-13-23(34-2)14-16-24/h3-17H,18-19,30H2,1-2H3.